The summed E-state index contributed by atoms with van der Waals surface area (Å²) in [6.07, 6.45) is 3.00. The van der Waals surface area contributed by atoms with Crippen LogP contribution in [0.4, 0.5) is 5.69 Å². The molecule has 9 heteroatoms. The van der Waals surface area contributed by atoms with Gasteiger partial charge in [-0.1, -0.05) is 6.07 Å². The Morgan fingerprint density at radius 2 is 1.92 bits per heavy atom. The van der Waals surface area contributed by atoms with Gasteiger partial charge < -0.3 is 5.32 Å². The number of nitrogens with one attached hydrogen (secondary N) is 2. The maximum Gasteiger partial charge on any atom is 0.242 e. The van der Waals surface area contributed by atoms with Crippen molar-refractivity contribution in [1.29, 1.82) is 0 Å². The second-order valence-electron chi connectivity index (χ2n) is 6.02. The summed E-state index contributed by atoms with van der Waals surface area (Å²) in [7, 11) is -0.575. The number of carbonyl (C=O) groups excluding carboxylic acids is 1. The number of sulfonamides is 1. The molecule has 1 aromatic carbocycles. The Kier molecular flexibility index (Phi) is 6.26. The third-order valence-corrected chi connectivity index (χ3v) is 5.92. The van der Waals surface area contributed by atoms with Crippen molar-refractivity contribution in [3.63, 3.8) is 0 Å². The van der Waals surface area contributed by atoms with Crippen LogP contribution in [0.2, 0.25) is 0 Å². The number of carbonyl (C=O) groups is 1. The van der Waals surface area contributed by atoms with Crippen molar-refractivity contribution < 1.29 is 13.2 Å². The van der Waals surface area contributed by atoms with Gasteiger partial charge in [-0.15, -0.1) is 0 Å². The van der Waals surface area contributed by atoms with E-state index >= 15 is 0 Å². The summed E-state index contributed by atoms with van der Waals surface area (Å²) in [5, 5.41) is 7.21. The fraction of sp³-hybridized carbons (Fsp3) is 0.438. The Morgan fingerprint density at radius 1 is 1.24 bits per heavy atom. The number of rotatable bonds is 4. The minimum Gasteiger partial charge on any atom is -0.331 e. The molecule has 0 bridgehead atoms. The lowest BCUT2D eigenvalue weighted by Gasteiger charge is -2.16. The molecule has 1 aliphatic carbocycles. The van der Waals surface area contributed by atoms with Gasteiger partial charge in [0.25, 0.3) is 0 Å². The van der Waals surface area contributed by atoms with Gasteiger partial charge in [0.05, 0.1) is 4.90 Å². The van der Waals surface area contributed by atoms with Crippen LogP contribution >= 0.6 is 12.2 Å². The Balaban J connectivity index is 2.13. The average Bonchev–Trinajstić information content (AvgIpc) is 2.55. The highest BCUT2D eigenvalue weighted by atomic mass is 32.2. The van der Waals surface area contributed by atoms with E-state index in [0.717, 1.165) is 22.7 Å². The molecule has 0 saturated heterocycles. The summed E-state index contributed by atoms with van der Waals surface area (Å²) < 4.78 is 25.6. The lowest BCUT2D eigenvalue weighted by molar-refractivity contribution is -0.113. The summed E-state index contributed by atoms with van der Waals surface area (Å²) in [5.74, 6) is 0.0387. The molecule has 1 fully saturated rings. The molecule has 136 valence electrons. The maximum absolute atomic E-state index is 12.2. The molecule has 0 aliphatic heterocycles. The minimum absolute atomic E-state index is 0.0387. The summed E-state index contributed by atoms with van der Waals surface area (Å²) in [6, 6.07) is 4.78. The van der Waals surface area contributed by atoms with Gasteiger partial charge in [-0.05, 0) is 56.1 Å². The van der Waals surface area contributed by atoms with Gasteiger partial charge in [0.15, 0.2) is 10.9 Å². The monoisotopic (exact) mass is 382 g/mol. The van der Waals surface area contributed by atoms with Crippen LogP contribution < -0.4 is 10.7 Å². The number of ketones is 1. The molecule has 0 amide bonds. The first-order chi connectivity index (χ1) is 11.7. The van der Waals surface area contributed by atoms with E-state index in [-0.39, 0.29) is 15.8 Å². The smallest absolute Gasteiger partial charge is 0.242 e. The van der Waals surface area contributed by atoms with Crippen LogP contribution in [0.1, 0.15) is 31.2 Å². The van der Waals surface area contributed by atoms with E-state index in [0.29, 0.717) is 24.2 Å². The zero-order valence-corrected chi connectivity index (χ0v) is 16.1. The van der Waals surface area contributed by atoms with E-state index in [1.165, 1.54) is 20.2 Å². The lowest BCUT2D eigenvalue weighted by atomic mass is 9.97. The Labute approximate surface area is 153 Å². The third kappa shape index (κ3) is 4.83. The molecule has 7 nitrogen and oxygen atoms in total. The number of nitrogens with zero attached hydrogens (tertiary/aromatic N) is 2. The molecular formula is C16H22N4O3S2. The molecule has 0 aromatic heterocycles. The van der Waals surface area contributed by atoms with Gasteiger partial charge in [0.2, 0.25) is 10.0 Å². The minimum atomic E-state index is -3.53. The standard InChI is InChI=1S/C16H22N4O3S2/c1-11-8-9-12(25(22,23)20(2)3)10-14(11)17-16(24)19-18-13-6-4-5-7-15(13)21/h8-10H,4-7H2,1-3H3,(H2,17,19,24). The van der Waals surface area contributed by atoms with Gasteiger partial charge in [-0.25, -0.2) is 12.7 Å². The predicted molar refractivity (Wildman–Crippen MR) is 102 cm³/mol. The average molecular weight is 383 g/mol. The fourth-order valence-corrected chi connectivity index (χ4v) is 3.44. The van der Waals surface area contributed by atoms with E-state index in [1.807, 2.05) is 6.92 Å². The van der Waals surface area contributed by atoms with Crippen LogP contribution in [0.15, 0.2) is 28.2 Å². The summed E-state index contributed by atoms with van der Waals surface area (Å²) in [6.45, 7) is 1.84. The van der Waals surface area contributed by atoms with E-state index in [1.54, 1.807) is 12.1 Å². The van der Waals surface area contributed by atoms with Crippen molar-refractivity contribution in [1.82, 2.24) is 9.73 Å². The maximum atomic E-state index is 12.2. The van der Waals surface area contributed by atoms with Crippen molar-refractivity contribution >= 4 is 44.5 Å². The number of Topliss-reactive ketones (excluding diaryl/α,β-unsaturated/α-hetero) is 1. The van der Waals surface area contributed by atoms with Crippen molar-refractivity contribution in [2.45, 2.75) is 37.5 Å². The molecule has 1 aromatic rings. The quantitative estimate of drug-likeness (QED) is 0.612. The molecule has 1 aliphatic rings. The molecule has 0 spiro atoms. The molecule has 0 radical (unpaired) electrons. The molecule has 0 atom stereocenters. The molecule has 2 rings (SSSR count). The first kappa shape index (κ1) is 19.5. The molecule has 0 heterocycles. The van der Waals surface area contributed by atoms with Crippen LogP contribution in [0.5, 0.6) is 0 Å². The highest BCUT2D eigenvalue weighted by molar-refractivity contribution is 7.89. The zero-order valence-electron chi connectivity index (χ0n) is 14.5. The number of hydrazone groups is 1. The summed E-state index contributed by atoms with van der Waals surface area (Å²) in [4.78, 5) is 11.9. The zero-order chi connectivity index (χ0) is 18.6. The molecular weight excluding hydrogens is 360 g/mol. The van der Waals surface area contributed by atoms with Crippen molar-refractivity contribution in [3.8, 4) is 0 Å². The molecule has 25 heavy (non-hydrogen) atoms. The van der Waals surface area contributed by atoms with E-state index in [9.17, 15) is 13.2 Å². The van der Waals surface area contributed by atoms with Gasteiger partial charge >= 0.3 is 0 Å². The molecule has 1 saturated carbocycles. The Bertz CT molecular complexity index is 817. The molecule has 2 N–H and O–H groups in total. The van der Waals surface area contributed by atoms with Crippen molar-refractivity contribution in [3.05, 3.63) is 23.8 Å². The van der Waals surface area contributed by atoms with Gasteiger partial charge in [0, 0.05) is 26.2 Å². The van der Waals surface area contributed by atoms with Crippen LogP contribution in [0.3, 0.4) is 0 Å². The van der Waals surface area contributed by atoms with Gasteiger partial charge in [-0.2, -0.15) is 5.10 Å². The van der Waals surface area contributed by atoms with Gasteiger partial charge in [-0.3, -0.25) is 10.2 Å². The largest absolute Gasteiger partial charge is 0.331 e. The number of anilines is 1. The van der Waals surface area contributed by atoms with Crippen LogP contribution in [0.25, 0.3) is 0 Å². The van der Waals surface area contributed by atoms with Crippen LogP contribution in [0, 0.1) is 6.92 Å². The topological polar surface area (TPSA) is 90.9 Å². The fourth-order valence-electron chi connectivity index (χ4n) is 2.36. The number of aryl methyl sites for hydroxylation is 1. The highest BCUT2D eigenvalue weighted by Crippen LogP contribution is 2.22. The number of thiocarbonyl (C=S) groups is 1. The third-order valence-electron chi connectivity index (χ3n) is 3.92. The summed E-state index contributed by atoms with van der Waals surface area (Å²) in [5.41, 5.74) is 4.57. The lowest BCUT2D eigenvalue weighted by Crippen LogP contribution is -2.29. The van der Waals surface area contributed by atoms with Gasteiger partial charge in [0.1, 0.15) is 5.71 Å². The second-order valence-corrected chi connectivity index (χ2v) is 8.58. The molecule has 0 unspecified atom stereocenters. The normalized spacial score (nSPS) is 17.0. The van der Waals surface area contributed by atoms with Crippen molar-refractivity contribution in [2.75, 3.05) is 19.4 Å². The Morgan fingerprint density at radius 3 is 2.56 bits per heavy atom. The van der Waals surface area contributed by atoms with Crippen LogP contribution in [-0.2, 0) is 14.8 Å². The van der Waals surface area contributed by atoms with E-state index < -0.39 is 10.0 Å². The highest BCUT2D eigenvalue weighted by Gasteiger charge is 2.19. The predicted octanol–water partition coefficient (Wildman–Crippen LogP) is 2.03. The van der Waals surface area contributed by atoms with E-state index in [4.69, 9.17) is 12.2 Å². The van der Waals surface area contributed by atoms with Crippen molar-refractivity contribution in [2.24, 2.45) is 5.10 Å². The number of benzene rings is 1. The number of hydrogen-bond acceptors (Lipinski definition) is 5. The van der Waals surface area contributed by atoms with Crippen LogP contribution in [-0.4, -0.2) is 43.4 Å². The SMILES string of the molecule is Cc1ccc(S(=O)(=O)N(C)C)cc1NC(=S)NN=C1CCCCC1=O. The van der Waals surface area contributed by atoms with E-state index in [2.05, 4.69) is 15.8 Å². The Hall–Kier alpha value is -1.84. The number of hydrogen-bond donors (Lipinski definition) is 2. The second kappa shape index (κ2) is 8.03. The first-order valence-corrected chi connectivity index (χ1v) is 9.76. The first-order valence-electron chi connectivity index (χ1n) is 7.92. The summed E-state index contributed by atoms with van der Waals surface area (Å²) >= 11 is 5.19.